The van der Waals surface area contributed by atoms with Crippen LogP contribution in [0.2, 0.25) is 0 Å². The second-order valence-corrected chi connectivity index (χ2v) is 4.27. The summed E-state index contributed by atoms with van der Waals surface area (Å²) in [6, 6.07) is 8.52. The lowest BCUT2D eigenvalue weighted by molar-refractivity contribution is -0.137. The monoisotopic (exact) mass is 296 g/mol. The number of hydrogen-bond acceptors (Lipinski definition) is 4. The quantitative estimate of drug-likeness (QED) is 0.651. The molecule has 0 heterocycles. The fourth-order valence-corrected chi connectivity index (χ4v) is 1.58. The van der Waals surface area contributed by atoms with Crippen LogP contribution in [0.5, 0.6) is 11.5 Å². The van der Waals surface area contributed by atoms with Crippen molar-refractivity contribution in [2.45, 2.75) is 12.7 Å². The van der Waals surface area contributed by atoms with Crippen molar-refractivity contribution in [3.05, 3.63) is 53.6 Å². The van der Waals surface area contributed by atoms with Crippen molar-refractivity contribution in [2.24, 2.45) is 10.2 Å². The average Bonchev–Trinajstić information content (AvgIpc) is 2.42. The number of phenolic OH excluding ortho intramolecular Hbond substituents is 2. The van der Waals surface area contributed by atoms with E-state index in [0.717, 1.165) is 12.1 Å². The summed E-state index contributed by atoms with van der Waals surface area (Å²) < 4.78 is 37.1. The molecule has 7 heteroatoms. The van der Waals surface area contributed by atoms with E-state index in [4.69, 9.17) is 5.11 Å². The van der Waals surface area contributed by atoms with Crippen molar-refractivity contribution in [1.82, 2.24) is 0 Å². The van der Waals surface area contributed by atoms with Crippen molar-refractivity contribution in [2.75, 3.05) is 0 Å². The van der Waals surface area contributed by atoms with Crippen molar-refractivity contribution >= 4 is 5.69 Å². The molecule has 0 aliphatic carbocycles. The summed E-state index contributed by atoms with van der Waals surface area (Å²) in [7, 11) is 0. The van der Waals surface area contributed by atoms with Crippen molar-refractivity contribution < 1.29 is 23.4 Å². The molecule has 0 amide bonds. The number of hydrogen-bond donors (Lipinski definition) is 2. The molecule has 0 saturated heterocycles. The van der Waals surface area contributed by atoms with Crippen LogP contribution in [-0.2, 0) is 12.7 Å². The number of phenols is 2. The molecule has 0 saturated carbocycles. The van der Waals surface area contributed by atoms with Gasteiger partial charge in [-0.1, -0.05) is 6.07 Å². The van der Waals surface area contributed by atoms with Gasteiger partial charge in [-0.2, -0.15) is 23.4 Å². The number of aromatic hydroxyl groups is 2. The summed E-state index contributed by atoms with van der Waals surface area (Å²) in [6.45, 7) is 0.134. The highest BCUT2D eigenvalue weighted by Gasteiger charge is 2.29. The lowest BCUT2D eigenvalue weighted by Crippen LogP contribution is -2.03. The normalized spacial score (nSPS) is 12.0. The Morgan fingerprint density at radius 1 is 0.905 bits per heavy atom. The van der Waals surface area contributed by atoms with E-state index in [0.29, 0.717) is 11.3 Å². The Bertz CT molecular complexity index is 652. The number of azo groups is 1. The highest BCUT2D eigenvalue weighted by molar-refractivity contribution is 5.41. The third kappa shape index (κ3) is 3.95. The summed E-state index contributed by atoms with van der Waals surface area (Å²) in [4.78, 5) is 0. The van der Waals surface area contributed by atoms with Gasteiger partial charge < -0.3 is 10.2 Å². The molecule has 21 heavy (non-hydrogen) atoms. The summed E-state index contributed by atoms with van der Waals surface area (Å²) >= 11 is 0. The first-order valence-corrected chi connectivity index (χ1v) is 5.92. The molecule has 2 aromatic carbocycles. The SMILES string of the molecule is Oc1ccc(CN=Nc2ccc(C(F)(F)F)cc2)cc1O. The molecule has 0 aromatic heterocycles. The van der Waals surface area contributed by atoms with Crippen LogP contribution in [0.3, 0.4) is 0 Å². The van der Waals surface area contributed by atoms with Gasteiger partial charge in [0.1, 0.15) is 0 Å². The van der Waals surface area contributed by atoms with E-state index in [1.54, 1.807) is 6.07 Å². The molecular weight excluding hydrogens is 285 g/mol. The third-order valence-corrected chi connectivity index (χ3v) is 2.67. The van der Waals surface area contributed by atoms with Gasteiger partial charge in [0.25, 0.3) is 0 Å². The number of nitrogens with zero attached hydrogens (tertiary/aromatic N) is 2. The summed E-state index contributed by atoms with van der Waals surface area (Å²) in [5, 5.41) is 26.1. The van der Waals surface area contributed by atoms with Gasteiger partial charge in [0, 0.05) is 0 Å². The van der Waals surface area contributed by atoms with Crippen LogP contribution in [0, 0.1) is 0 Å². The maximum absolute atomic E-state index is 12.4. The Labute approximate surface area is 118 Å². The third-order valence-electron chi connectivity index (χ3n) is 2.67. The zero-order valence-electron chi connectivity index (χ0n) is 10.7. The van der Waals surface area contributed by atoms with E-state index in [-0.39, 0.29) is 18.0 Å². The van der Waals surface area contributed by atoms with Crippen LogP contribution in [0.4, 0.5) is 18.9 Å². The zero-order valence-corrected chi connectivity index (χ0v) is 10.7. The van der Waals surface area contributed by atoms with E-state index >= 15 is 0 Å². The molecule has 0 bridgehead atoms. The topological polar surface area (TPSA) is 65.2 Å². The fourth-order valence-electron chi connectivity index (χ4n) is 1.58. The van der Waals surface area contributed by atoms with Crippen LogP contribution >= 0.6 is 0 Å². The van der Waals surface area contributed by atoms with E-state index < -0.39 is 11.7 Å². The molecule has 0 aliphatic heterocycles. The predicted molar refractivity (Wildman–Crippen MR) is 69.4 cm³/mol. The van der Waals surface area contributed by atoms with Gasteiger partial charge in [-0.15, -0.1) is 0 Å². The second-order valence-electron chi connectivity index (χ2n) is 4.27. The van der Waals surface area contributed by atoms with E-state index in [1.807, 2.05) is 0 Å². The van der Waals surface area contributed by atoms with Crippen LogP contribution in [0.25, 0.3) is 0 Å². The molecule has 4 nitrogen and oxygen atoms in total. The molecule has 0 unspecified atom stereocenters. The fraction of sp³-hybridized carbons (Fsp3) is 0.143. The first kappa shape index (κ1) is 14.8. The molecule has 0 spiro atoms. The standard InChI is InChI=1S/C14H11F3N2O2/c15-14(16,17)10-2-4-11(5-3-10)19-18-8-9-1-6-12(20)13(21)7-9/h1-7,20-21H,8H2. The van der Waals surface area contributed by atoms with Gasteiger partial charge in [0.15, 0.2) is 11.5 Å². The lowest BCUT2D eigenvalue weighted by Gasteiger charge is -2.05. The van der Waals surface area contributed by atoms with Crippen molar-refractivity contribution in [3.63, 3.8) is 0 Å². The Kier molecular flexibility index (Phi) is 4.11. The molecule has 2 N–H and O–H groups in total. The van der Waals surface area contributed by atoms with Crippen LogP contribution in [0.15, 0.2) is 52.7 Å². The predicted octanol–water partition coefficient (Wildman–Crippen LogP) is 4.40. The Morgan fingerprint density at radius 2 is 1.57 bits per heavy atom. The molecule has 0 atom stereocenters. The van der Waals surface area contributed by atoms with E-state index in [1.165, 1.54) is 24.3 Å². The molecule has 0 radical (unpaired) electrons. The van der Waals surface area contributed by atoms with Gasteiger partial charge in [-0.05, 0) is 42.0 Å². The summed E-state index contributed by atoms with van der Waals surface area (Å²) in [5.74, 6) is -0.504. The molecule has 0 aliphatic rings. The Hall–Kier alpha value is -2.57. The van der Waals surface area contributed by atoms with E-state index in [9.17, 15) is 18.3 Å². The van der Waals surface area contributed by atoms with Gasteiger partial charge >= 0.3 is 6.18 Å². The molecule has 0 fully saturated rings. The summed E-state index contributed by atoms with van der Waals surface area (Å²) in [6.07, 6.45) is -4.38. The number of halogens is 3. The molecule has 110 valence electrons. The van der Waals surface area contributed by atoms with Gasteiger partial charge in [-0.3, -0.25) is 0 Å². The van der Waals surface area contributed by atoms with Gasteiger partial charge in [0.2, 0.25) is 0 Å². The molecule has 2 rings (SSSR count). The van der Waals surface area contributed by atoms with E-state index in [2.05, 4.69) is 10.2 Å². The summed E-state index contributed by atoms with van der Waals surface area (Å²) in [5.41, 5.74) is 0.164. The first-order valence-electron chi connectivity index (χ1n) is 5.92. The highest BCUT2D eigenvalue weighted by Crippen LogP contribution is 2.30. The first-order chi connectivity index (χ1) is 9.86. The maximum atomic E-state index is 12.4. The number of alkyl halides is 3. The van der Waals surface area contributed by atoms with Crippen LogP contribution < -0.4 is 0 Å². The van der Waals surface area contributed by atoms with Crippen LogP contribution in [0.1, 0.15) is 11.1 Å². The lowest BCUT2D eigenvalue weighted by atomic mass is 10.2. The van der Waals surface area contributed by atoms with Crippen molar-refractivity contribution in [3.8, 4) is 11.5 Å². The Balaban J connectivity index is 2.02. The molecule has 2 aromatic rings. The van der Waals surface area contributed by atoms with Gasteiger partial charge in [-0.25, -0.2) is 0 Å². The zero-order chi connectivity index (χ0) is 15.5. The minimum atomic E-state index is -4.38. The van der Waals surface area contributed by atoms with Gasteiger partial charge in [0.05, 0.1) is 17.8 Å². The number of benzene rings is 2. The van der Waals surface area contributed by atoms with Crippen LogP contribution in [-0.4, -0.2) is 10.2 Å². The van der Waals surface area contributed by atoms with Crippen molar-refractivity contribution in [1.29, 1.82) is 0 Å². The smallest absolute Gasteiger partial charge is 0.416 e. The largest absolute Gasteiger partial charge is 0.504 e. The Morgan fingerprint density at radius 3 is 2.14 bits per heavy atom. The highest BCUT2D eigenvalue weighted by atomic mass is 19.4. The molecular formula is C14H11F3N2O2. The maximum Gasteiger partial charge on any atom is 0.416 e. The minimum Gasteiger partial charge on any atom is -0.504 e. The average molecular weight is 296 g/mol. The number of rotatable bonds is 3. The second kappa shape index (κ2) is 5.82. The minimum absolute atomic E-state index is 0.134.